The topological polar surface area (TPSA) is 78.3 Å². The SMILES string of the molecule is COc1ccc(C(=O)Nc2ccc(-n3nc(OCC(C)C)nc3-c3ccc(F)cc3)cc2)cc1. The number of hydrogen-bond acceptors (Lipinski definition) is 5. The van der Waals surface area contributed by atoms with Crippen LogP contribution in [0, 0.1) is 11.7 Å². The van der Waals surface area contributed by atoms with Gasteiger partial charge >= 0.3 is 6.01 Å². The second-order valence-electron chi connectivity index (χ2n) is 8.07. The molecule has 0 unspecified atom stereocenters. The van der Waals surface area contributed by atoms with Gasteiger partial charge in [-0.15, -0.1) is 5.10 Å². The highest BCUT2D eigenvalue weighted by molar-refractivity contribution is 6.04. The number of amides is 1. The van der Waals surface area contributed by atoms with Gasteiger partial charge in [0.1, 0.15) is 11.6 Å². The molecule has 0 aliphatic heterocycles. The normalized spacial score (nSPS) is 10.9. The van der Waals surface area contributed by atoms with E-state index in [0.29, 0.717) is 46.6 Å². The summed E-state index contributed by atoms with van der Waals surface area (Å²) in [6.45, 7) is 4.55. The van der Waals surface area contributed by atoms with E-state index in [2.05, 4.69) is 15.4 Å². The van der Waals surface area contributed by atoms with Crippen molar-refractivity contribution < 1.29 is 18.7 Å². The van der Waals surface area contributed by atoms with Crippen LogP contribution >= 0.6 is 0 Å². The molecule has 0 saturated carbocycles. The van der Waals surface area contributed by atoms with Gasteiger partial charge in [0.25, 0.3) is 5.91 Å². The molecular formula is C26H25FN4O3. The molecule has 7 nitrogen and oxygen atoms in total. The summed E-state index contributed by atoms with van der Waals surface area (Å²) < 4.78 is 25.9. The lowest BCUT2D eigenvalue weighted by atomic mass is 10.2. The average Bonchev–Trinajstić information content (AvgIpc) is 3.28. The van der Waals surface area contributed by atoms with Crippen LogP contribution in [-0.2, 0) is 0 Å². The van der Waals surface area contributed by atoms with Gasteiger partial charge in [-0.25, -0.2) is 9.07 Å². The van der Waals surface area contributed by atoms with E-state index >= 15 is 0 Å². The summed E-state index contributed by atoms with van der Waals surface area (Å²) in [6.07, 6.45) is 0. The Morgan fingerprint density at radius 1 is 1.00 bits per heavy atom. The number of anilines is 1. The van der Waals surface area contributed by atoms with Crippen LogP contribution in [0.5, 0.6) is 11.8 Å². The maximum absolute atomic E-state index is 13.4. The van der Waals surface area contributed by atoms with Crippen molar-refractivity contribution in [3.05, 3.63) is 84.2 Å². The minimum absolute atomic E-state index is 0.229. The van der Waals surface area contributed by atoms with Gasteiger partial charge < -0.3 is 14.8 Å². The Bertz CT molecular complexity index is 1250. The molecule has 8 heteroatoms. The van der Waals surface area contributed by atoms with Crippen LogP contribution in [0.25, 0.3) is 17.1 Å². The predicted octanol–water partition coefficient (Wildman–Crippen LogP) is 5.37. The molecule has 0 spiro atoms. The highest BCUT2D eigenvalue weighted by Crippen LogP contribution is 2.25. The first-order valence-electron chi connectivity index (χ1n) is 10.8. The molecule has 1 heterocycles. The standard InChI is InChI=1S/C26H25FN4O3/c1-17(2)16-34-26-29-24(18-4-8-20(27)9-5-18)31(30-26)22-12-10-21(11-13-22)28-25(32)19-6-14-23(33-3)15-7-19/h4-15,17H,16H2,1-3H3,(H,28,32). The molecule has 0 atom stereocenters. The number of hydrogen-bond donors (Lipinski definition) is 1. The Balaban J connectivity index is 1.58. The lowest BCUT2D eigenvalue weighted by Gasteiger charge is -2.09. The molecule has 1 amide bonds. The number of benzene rings is 3. The van der Waals surface area contributed by atoms with Gasteiger partial charge in [0.15, 0.2) is 5.82 Å². The van der Waals surface area contributed by atoms with E-state index in [1.54, 1.807) is 60.3 Å². The van der Waals surface area contributed by atoms with Gasteiger partial charge in [-0.1, -0.05) is 13.8 Å². The molecule has 0 aliphatic carbocycles. The summed E-state index contributed by atoms with van der Waals surface area (Å²) in [5.41, 5.74) is 2.56. The van der Waals surface area contributed by atoms with Crippen molar-refractivity contribution in [2.75, 3.05) is 19.0 Å². The number of ether oxygens (including phenoxy) is 2. The molecular weight excluding hydrogens is 435 g/mol. The summed E-state index contributed by atoms with van der Waals surface area (Å²) in [6, 6.07) is 20.3. The highest BCUT2D eigenvalue weighted by atomic mass is 19.1. The number of rotatable bonds is 8. The van der Waals surface area contributed by atoms with Gasteiger partial charge in [0, 0.05) is 16.8 Å². The zero-order valence-corrected chi connectivity index (χ0v) is 19.2. The Hall–Kier alpha value is -4.20. The fraction of sp³-hybridized carbons (Fsp3) is 0.192. The van der Waals surface area contributed by atoms with Crippen molar-refractivity contribution in [3.63, 3.8) is 0 Å². The summed E-state index contributed by atoms with van der Waals surface area (Å²) in [5.74, 6) is 0.960. The number of aromatic nitrogens is 3. The van der Waals surface area contributed by atoms with Gasteiger partial charge in [0.05, 0.1) is 19.4 Å². The van der Waals surface area contributed by atoms with E-state index in [-0.39, 0.29) is 17.7 Å². The van der Waals surface area contributed by atoms with Crippen molar-refractivity contribution >= 4 is 11.6 Å². The zero-order chi connectivity index (χ0) is 24.1. The number of carbonyl (C=O) groups is 1. The van der Waals surface area contributed by atoms with Gasteiger partial charge in [-0.05, 0) is 78.7 Å². The molecule has 0 saturated heterocycles. The lowest BCUT2D eigenvalue weighted by molar-refractivity contribution is 0.102. The van der Waals surface area contributed by atoms with Crippen molar-refractivity contribution in [2.24, 2.45) is 5.92 Å². The van der Waals surface area contributed by atoms with Gasteiger partial charge in [0.2, 0.25) is 0 Å². The average molecular weight is 461 g/mol. The predicted molar refractivity (Wildman–Crippen MR) is 128 cm³/mol. The summed E-state index contributed by atoms with van der Waals surface area (Å²) in [4.78, 5) is 17.0. The van der Waals surface area contributed by atoms with Crippen LogP contribution < -0.4 is 14.8 Å². The molecule has 4 rings (SSSR count). The Morgan fingerprint density at radius 2 is 1.68 bits per heavy atom. The third-order valence-corrected chi connectivity index (χ3v) is 4.96. The largest absolute Gasteiger partial charge is 0.497 e. The molecule has 0 aliphatic rings. The molecule has 4 aromatic rings. The molecule has 174 valence electrons. The first kappa shape index (κ1) is 23.0. The molecule has 0 bridgehead atoms. The smallest absolute Gasteiger partial charge is 0.336 e. The molecule has 3 aromatic carbocycles. The first-order valence-corrected chi connectivity index (χ1v) is 10.8. The fourth-order valence-corrected chi connectivity index (χ4v) is 3.19. The monoisotopic (exact) mass is 460 g/mol. The summed E-state index contributed by atoms with van der Waals surface area (Å²) in [7, 11) is 1.58. The van der Waals surface area contributed by atoms with E-state index in [0.717, 1.165) is 0 Å². The maximum atomic E-state index is 13.4. The highest BCUT2D eigenvalue weighted by Gasteiger charge is 2.16. The second kappa shape index (κ2) is 10.2. The quantitative estimate of drug-likeness (QED) is 0.383. The third kappa shape index (κ3) is 5.40. The van der Waals surface area contributed by atoms with Crippen molar-refractivity contribution in [3.8, 4) is 28.8 Å². The van der Waals surface area contributed by atoms with Crippen molar-refractivity contribution in [1.29, 1.82) is 0 Å². The fourth-order valence-electron chi connectivity index (χ4n) is 3.19. The van der Waals surface area contributed by atoms with Crippen LogP contribution in [-0.4, -0.2) is 34.4 Å². The second-order valence-corrected chi connectivity index (χ2v) is 8.07. The Labute approximate surface area is 197 Å². The molecule has 34 heavy (non-hydrogen) atoms. The van der Waals surface area contributed by atoms with E-state index in [1.807, 2.05) is 26.0 Å². The number of carbonyl (C=O) groups excluding carboxylic acids is 1. The van der Waals surface area contributed by atoms with Gasteiger partial charge in [-0.3, -0.25) is 4.79 Å². The molecule has 0 fully saturated rings. The van der Waals surface area contributed by atoms with Crippen LogP contribution in [0.3, 0.4) is 0 Å². The number of halogens is 1. The summed E-state index contributed by atoms with van der Waals surface area (Å²) in [5, 5.41) is 7.37. The van der Waals surface area contributed by atoms with E-state index < -0.39 is 0 Å². The molecule has 0 radical (unpaired) electrons. The Morgan fingerprint density at radius 3 is 2.29 bits per heavy atom. The van der Waals surface area contributed by atoms with E-state index in [1.165, 1.54) is 12.1 Å². The zero-order valence-electron chi connectivity index (χ0n) is 19.2. The summed E-state index contributed by atoms with van der Waals surface area (Å²) >= 11 is 0. The van der Waals surface area contributed by atoms with Crippen LogP contribution in [0.15, 0.2) is 72.8 Å². The van der Waals surface area contributed by atoms with Crippen LogP contribution in [0.4, 0.5) is 10.1 Å². The molecule has 1 aromatic heterocycles. The van der Waals surface area contributed by atoms with Crippen LogP contribution in [0.1, 0.15) is 24.2 Å². The van der Waals surface area contributed by atoms with Crippen molar-refractivity contribution in [2.45, 2.75) is 13.8 Å². The number of nitrogens with zero attached hydrogens (tertiary/aromatic N) is 3. The maximum Gasteiger partial charge on any atom is 0.336 e. The van der Waals surface area contributed by atoms with Crippen molar-refractivity contribution in [1.82, 2.24) is 14.8 Å². The minimum Gasteiger partial charge on any atom is -0.497 e. The van der Waals surface area contributed by atoms with E-state index in [4.69, 9.17) is 9.47 Å². The van der Waals surface area contributed by atoms with E-state index in [9.17, 15) is 9.18 Å². The van der Waals surface area contributed by atoms with Crippen LogP contribution in [0.2, 0.25) is 0 Å². The first-order chi connectivity index (χ1) is 16.4. The number of nitrogens with one attached hydrogen (secondary N) is 1. The lowest BCUT2D eigenvalue weighted by Crippen LogP contribution is -2.11. The minimum atomic E-state index is -0.331. The van der Waals surface area contributed by atoms with Gasteiger partial charge in [-0.2, -0.15) is 4.98 Å². The number of methoxy groups -OCH3 is 1. The third-order valence-electron chi connectivity index (χ3n) is 4.96. The Kier molecular flexibility index (Phi) is 6.87. The molecule has 1 N–H and O–H groups in total.